The number of halogens is 1. The van der Waals surface area contributed by atoms with Crippen LogP contribution >= 0.6 is 0 Å². The quantitative estimate of drug-likeness (QED) is 0.538. The fourth-order valence-electron chi connectivity index (χ4n) is 2.49. The summed E-state index contributed by atoms with van der Waals surface area (Å²) in [6.45, 7) is 5.62. The second-order valence-electron chi connectivity index (χ2n) is 6.77. The molecular weight excluding hydrogens is 375 g/mol. The van der Waals surface area contributed by atoms with Gasteiger partial charge in [0.25, 0.3) is 11.8 Å². The summed E-state index contributed by atoms with van der Waals surface area (Å²) in [5.41, 5.74) is 1.36. The third-order valence-electron chi connectivity index (χ3n) is 3.97. The molecule has 0 aliphatic carbocycles. The second-order valence-corrected chi connectivity index (χ2v) is 6.77. The van der Waals surface area contributed by atoms with Crippen LogP contribution in [0.5, 0.6) is 0 Å². The van der Waals surface area contributed by atoms with Gasteiger partial charge in [-0.05, 0) is 50.6 Å². The molecule has 0 bridgehead atoms. The summed E-state index contributed by atoms with van der Waals surface area (Å²) in [6, 6.07) is 10.4. The van der Waals surface area contributed by atoms with Crippen molar-refractivity contribution in [3.8, 4) is 0 Å². The minimum absolute atomic E-state index is 0.0402. The van der Waals surface area contributed by atoms with E-state index in [2.05, 4.69) is 21.3 Å². The molecule has 154 valence electrons. The van der Waals surface area contributed by atoms with Crippen LogP contribution in [0.3, 0.4) is 0 Å². The van der Waals surface area contributed by atoms with Crippen LogP contribution in [0.15, 0.2) is 42.5 Å². The van der Waals surface area contributed by atoms with Gasteiger partial charge >= 0.3 is 6.03 Å². The molecule has 4 N–H and O–H groups in total. The van der Waals surface area contributed by atoms with Crippen LogP contribution in [-0.2, 0) is 0 Å². The van der Waals surface area contributed by atoms with Gasteiger partial charge in [-0.25, -0.2) is 9.18 Å². The first-order valence-electron chi connectivity index (χ1n) is 9.27. The van der Waals surface area contributed by atoms with E-state index in [1.807, 2.05) is 13.8 Å². The number of benzene rings is 2. The molecule has 0 saturated heterocycles. The number of nitrogens with one attached hydrogen (secondary N) is 4. The number of carbonyl (C=O) groups excluding carboxylic acids is 3. The van der Waals surface area contributed by atoms with E-state index in [1.165, 1.54) is 18.2 Å². The fourth-order valence-corrected chi connectivity index (χ4v) is 2.49. The smallest absolute Gasteiger partial charge is 0.319 e. The topological polar surface area (TPSA) is 99.3 Å². The van der Waals surface area contributed by atoms with Crippen molar-refractivity contribution in [2.75, 3.05) is 18.4 Å². The molecular formula is C21H25FN4O3. The predicted octanol–water partition coefficient (Wildman–Crippen LogP) is 2.82. The van der Waals surface area contributed by atoms with Crippen molar-refractivity contribution < 1.29 is 18.8 Å². The molecule has 0 atom stereocenters. The molecule has 4 amide bonds. The molecule has 0 spiro atoms. The highest BCUT2D eigenvalue weighted by atomic mass is 19.1. The predicted molar refractivity (Wildman–Crippen MR) is 110 cm³/mol. The van der Waals surface area contributed by atoms with E-state index in [0.29, 0.717) is 16.8 Å². The Bertz CT molecular complexity index is 899. The Morgan fingerprint density at radius 3 is 2.28 bits per heavy atom. The molecule has 8 heteroatoms. The van der Waals surface area contributed by atoms with Gasteiger partial charge in [0.2, 0.25) is 0 Å². The number of hydrogen-bond donors (Lipinski definition) is 4. The second kappa shape index (κ2) is 10.2. The zero-order valence-electron chi connectivity index (χ0n) is 16.6. The number of aryl methyl sites for hydroxylation is 1. The Balaban J connectivity index is 1.87. The maximum Gasteiger partial charge on any atom is 0.319 e. The molecule has 0 radical (unpaired) electrons. The number of amides is 4. The highest BCUT2D eigenvalue weighted by Gasteiger charge is 2.13. The highest BCUT2D eigenvalue weighted by molar-refractivity contribution is 6.03. The van der Waals surface area contributed by atoms with Gasteiger partial charge in [-0.15, -0.1) is 0 Å². The van der Waals surface area contributed by atoms with Crippen molar-refractivity contribution in [2.45, 2.75) is 26.8 Å². The van der Waals surface area contributed by atoms with E-state index >= 15 is 0 Å². The van der Waals surface area contributed by atoms with E-state index in [0.717, 1.165) is 0 Å². The molecule has 0 fully saturated rings. The Labute approximate surface area is 169 Å². The van der Waals surface area contributed by atoms with E-state index < -0.39 is 17.8 Å². The number of hydrogen-bond acceptors (Lipinski definition) is 3. The summed E-state index contributed by atoms with van der Waals surface area (Å²) in [5, 5.41) is 10.6. The van der Waals surface area contributed by atoms with Gasteiger partial charge in [0.15, 0.2) is 0 Å². The largest absolute Gasteiger partial charge is 0.350 e. The van der Waals surface area contributed by atoms with E-state index in [1.54, 1.807) is 31.2 Å². The third kappa shape index (κ3) is 6.60. The van der Waals surface area contributed by atoms with Gasteiger partial charge in [0.1, 0.15) is 5.82 Å². The van der Waals surface area contributed by atoms with Crippen LogP contribution in [0.1, 0.15) is 40.1 Å². The first-order valence-corrected chi connectivity index (χ1v) is 9.27. The van der Waals surface area contributed by atoms with Crippen LogP contribution in [0, 0.1) is 12.7 Å². The summed E-state index contributed by atoms with van der Waals surface area (Å²) in [5.74, 6) is -1.26. The first-order chi connectivity index (χ1) is 13.8. The molecule has 0 aromatic heterocycles. The normalized spacial score (nSPS) is 10.4. The van der Waals surface area contributed by atoms with Crippen LogP contribution in [0.4, 0.5) is 14.9 Å². The molecule has 2 aromatic carbocycles. The van der Waals surface area contributed by atoms with Crippen molar-refractivity contribution in [3.05, 3.63) is 65.0 Å². The number of para-hydroxylation sites is 1. The van der Waals surface area contributed by atoms with Crippen molar-refractivity contribution in [1.29, 1.82) is 0 Å². The summed E-state index contributed by atoms with van der Waals surface area (Å²) in [4.78, 5) is 36.3. The summed E-state index contributed by atoms with van der Waals surface area (Å²) in [7, 11) is 0. The average Bonchev–Trinajstić information content (AvgIpc) is 2.66. The highest BCUT2D eigenvalue weighted by Crippen LogP contribution is 2.14. The van der Waals surface area contributed by atoms with E-state index in [9.17, 15) is 18.8 Å². The SMILES string of the molecule is Cc1ccc(C(=O)NCCNC(=O)c2ccccc2NC(=O)NC(C)C)cc1F. The summed E-state index contributed by atoms with van der Waals surface area (Å²) in [6.07, 6.45) is 0. The monoisotopic (exact) mass is 400 g/mol. The minimum atomic E-state index is -0.448. The lowest BCUT2D eigenvalue weighted by molar-refractivity contribution is 0.0928. The van der Waals surface area contributed by atoms with E-state index in [4.69, 9.17) is 0 Å². The number of anilines is 1. The minimum Gasteiger partial charge on any atom is -0.350 e. The number of urea groups is 1. The average molecular weight is 400 g/mol. The van der Waals surface area contributed by atoms with Gasteiger partial charge in [0.05, 0.1) is 11.3 Å². The van der Waals surface area contributed by atoms with Crippen LogP contribution < -0.4 is 21.3 Å². The molecule has 29 heavy (non-hydrogen) atoms. The third-order valence-corrected chi connectivity index (χ3v) is 3.97. The molecule has 0 saturated carbocycles. The van der Waals surface area contributed by atoms with Gasteiger partial charge in [0, 0.05) is 24.7 Å². The first kappa shape index (κ1) is 21.9. The maximum atomic E-state index is 13.5. The van der Waals surface area contributed by atoms with Crippen LogP contribution in [-0.4, -0.2) is 37.0 Å². The van der Waals surface area contributed by atoms with Gasteiger partial charge in [-0.2, -0.15) is 0 Å². The Morgan fingerprint density at radius 1 is 0.966 bits per heavy atom. The Hall–Kier alpha value is -3.42. The van der Waals surface area contributed by atoms with Crippen molar-refractivity contribution >= 4 is 23.5 Å². The lowest BCUT2D eigenvalue weighted by atomic mass is 10.1. The Kier molecular flexibility index (Phi) is 7.70. The zero-order chi connectivity index (χ0) is 21.4. The van der Waals surface area contributed by atoms with Crippen molar-refractivity contribution in [1.82, 2.24) is 16.0 Å². The fraction of sp³-hybridized carbons (Fsp3) is 0.286. The van der Waals surface area contributed by atoms with Crippen molar-refractivity contribution in [2.24, 2.45) is 0 Å². The molecule has 0 unspecified atom stereocenters. The number of carbonyl (C=O) groups is 3. The van der Waals surface area contributed by atoms with E-state index in [-0.39, 0.29) is 30.6 Å². The van der Waals surface area contributed by atoms with Crippen molar-refractivity contribution in [3.63, 3.8) is 0 Å². The maximum absolute atomic E-state index is 13.5. The summed E-state index contributed by atoms with van der Waals surface area (Å²) >= 11 is 0. The van der Waals surface area contributed by atoms with Crippen LogP contribution in [0.2, 0.25) is 0 Å². The van der Waals surface area contributed by atoms with Gasteiger partial charge in [-0.3, -0.25) is 9.59 Å². The Morgan fingerprint density at radius 2 is 1.62 bits per heavy atom. The van der Waals surface area contributed by atoms with Gasteiger partial charge < -0.3 is 21.3 Å². The number of rotatable bonds is 7. The molecule has 7 nitrogen and oxygen atoms in total. The van der Waals surface area contributed by atoms with Crippen LogP contribution in [0.25, 0.3) is 0 Å². The summed E-state index contributed by atoms with van der Waals surface area (Å²) < 4.78 is 13.5. The molecule has 0 heterocycles. The molecule has 0 aliphatic heterocycles. The lowest BCUT2D eigenvalue weighted by Crippen LogP contribution is -2.36. The molecule has 2 aromatic rings. The molecule has 2 rings (SSSR count). The zero-order valence-corrected chi connectivity index (χ0v) is 16.6. The van der Waals surface area contributed by atoms with Gasteiger partial charge in [-0.1, -0.05) is 18.2 Å². The standard InChI is InChI=1S/C21H25FN4O3/c1-13(2)25-21(29)26-18-7-5-4-6-16(18)20(28)24-11-10-23-19(27)15-9-8-14(3)17(22)12-15/h4-9,12-13H,10-11H2,1-3H3,(H,23,27)(H,24,28)(H2,25,26,29). The lowest BCUT2D eigenvalue weighted by Gasteiger charge is -2.13. The molecule has 0 aliphatic rings.